The maximum Gasteiger partial charge on any atom is 0.303 e. The molecule has 116 valence electrons. The van der Waals surface area contributed by atoms with Gasteiger partial charge in [0.05, 0.1) is 0 Å². The van der Waals surface area contributed by atoms with Gasteiger partial charge < -0.3 is 9.90 Å². The number of aliphatic carboxylic acids is 1. The predicted molar refractivity (Wildman–Crippen MR) is 80.1 cm³/mol. The van der Waals surface area contributed by atoms with Gasteiger partial charge in [0, 0.05) is 25.2 Å². The van der Waals surface area contributed by atoms with Crippen LogP contribution < -0.4 is 0 Å². The molecule has 5 nitrogen and oxygen atoms in total. The van der Waals surface area contributed by atoms with Gasteiger partial charge in [0.15, 0.2) is 0 Å². The molecule has 1 aromatic rings. The molecule has 0 bridgehead atoms. The molecular weight excluding hydrogens is 268 g/mol. The highest BCUT2D eigenvalue weighted by Crippen LogP contribution is 2.25. The fourth-order valence-corrected chi connectivity index (χ4v) is 2.37. The van der Waals surface area contributed by atoms with Crippen molar-refractivity contribution in [2.75, 3.05) is 0 Å². The van der Waals surface area contributed by atoms with Crippen LogP contribution in [0.2, 0.25) is 0 Å². The van der Waals surface area contributed by atoms with Crippen LogP contribution in [0.4, 0.5) is 0 Å². The summed E-state index contributed by atoms with van der Waals surface area (Å²) in [5.41, 5.74) is 1.02. The Morgan fingerprint density at radius 2 is 1.76 bits per heavy atom. The lowest BCUT2D eigenvalue weighted by Gasteiger charge is -2.15. The second-order valence-electron chi connectivity index (χ2n) is 5.51. The topological polar surface area (TPSA) is 80.2 Å². The first kappa shape index (κ1) is 17.3. The van der Waals surface area contributed by atoms with Gasteiger partial charge in [-0.2, -0.15) is 0 Å². The Morgan fingerprint density at radius 3 is 2.33 bits per heavy atom. The molecule has 0 fully saturated rings. The molecule has 0 unspecified atom stereocenters. The van der Waals surface area contributed by atoms with Crippen molar-refractivity contribution in [3.05, 3.63) is 23.8 Å². The minimum absolute atomic E-state index is 0.169. The summed E-state index contributed by atoms with van der Waals surface area (Å²) in [7, 11) is 0. The van der Waals surface area contributed by atoms with Crippen molar-refractivity contribution in [3.63, 3.8) is 0 Å². The van der Waals surface area contributed by atoms with Gasteiger partial charge in [-0.15, -0.1) is 0 Å². The molecule has 0 aromatic carbocycles. The lowest BCUT2D eigenvalue weighted by molar-refractivity contribution is -0.137. The van der Waals surface area contributed by atoms with Crippen LogP contribution in [0, 0.1) is 6.92 Å². The summed E-state index contributed by atoms with van der Waals surface area (Å²) < 4.78 is 0. The van der Waals surface area contributed by atoms with E-state index in [1.165, 1.54) is 0 Å². The summed E-state index contributed by atoms with van der Waals surface area (Å²) >= 11 is 0. The number of hydrogen-bond donors (Lipinski definition) is 1. The van der Waals surface area contributed by atoms with Gasteiger partial charge in [-0.25, -0.2) is 9.97 Å². The molecule has 0 amide bonds. The van der Waals surface area contributed by atoms with Crippen LogP contribution in [0.15, 0.2) is 12.4 Å². The summed E-state index contributed by atoms with van der Waals surface area (Å²) in [6.45, 7) is 3.45. The van der Waals surface area contributed by atoms with Crippen molar-refractivity contribution in [2.24, 2.45) is 0 Å². The zero-order valence-corrected chi connectivity index (χ0v) is 12.8. The number of nitrogens with zero attached hydrogens (tertiary/aromatic N) is 2. The maximum absolute atomic E-state index is 11.4. The molecule has 1 aromatic heterocycles. The van der Waals surface area contributed by atoms with Crippen molar-refractivity contribution < 1.29 is 14.7 Å². The van der Waals surface area contributed by atoms with E-state index < -0.39 is 5.97 Å². The van der Waals surface area contributed by atoms with Gasteiger partial charge in [0.2, 0.25) is 0 Å². The number of unbranched alkanes of at least 4 members (excludes halogenated alkanes) is 3. The van der Waals surface area contributed by atoms with Crippen LogP contribution in [-0.4, -0.2) is 26.8 Å². The molecule has 1 N–H and O–H groups in total. The fraction of sp³-hybridized carbons (Fsp3) is 0.625. The molecule has 0 saturated heterocycles. The van der Waals surface area contributed by atoms with E-state index in [4.69, 9.17) is 5.11 Å². The first-order chi connectivity index (χ1) is 9.99. The largest absolute Gasteiger partial charge is 0.481 e. The number of carboxylic acid groups (broad SMARTS) is 1. The van der Waals surface area contributed by atoms with Crippen LogP contribution >= 0.6 is 0 Å². The standard InChI is InChI=1S/C16H24N2O3/c1-12(19)9-14(15-10-17-13(2)18-11-15)7-5-3-4-6-8-16(20)21/h10-11,14H,3-9H2,1-2H3,(H,20,21)/t14-/m0/s1. The zero-order chi connectivity index (χ0) is 15.7. The zero-order valence-electron chi connectivity index (χ0n) is 12.8. The van der Waals surface area contributed by atoms with Crippen LogP contribution in [0.1, 0.15) is 69.2 Å². The van der Waals surface area contributed by atoms with Crippen LogP contribution in [0.3, 0.4) is 0 Å². The Labute approximate surface area is 125 Å². The normalized spacial score (nSPS) is 12.1. The molecule has 0 aliphatic heterocycles. The number of Topliss-reactive ketones (excluding diaryl/α,β-unsaturated/α-hetero) is 1. The molecule has 0 aliphatic rings. The second kappa shape index (κ2) is 9.21. The number of aromatic nitrogens is 2. The first-order valence-corrected chi connectivity index (χ1v) is 7.49. The van der Waals surface area contributed by atoms with Crippen molar-refractivity contribution in [1.82, 2.24) is 9.97 Å². The van der Waals surface area contributed by atoms with E-state index in [2.05, 4.69) is 9.97 Å². The van der Waals surface area contributed by atoms with Crippen molar-refractivity contribution in [2.45, 2.75) is 64.7 Å². The molecule has 5 heteroatoms. The lowest BCUT2D eigenvalue weighted by Crippen LogP contribution is -2.06. The molecule has 1 rings (SSSR count). The number of hydrogen-bond acceptors (Lipinski definition) is 4. The van der Waals surface area contributed by atoms with Crippen molar-refractivity contribution in [3.8, 4) is 0 Å². The summed E-state index contributed by atoms with van der Waals surface area (Å²) in [4.78, 5) is 30.2. The predicted octanol–water partition coefficient (Wildman–Crippen LogP) is 3.27. The molecule has 21 heavy (non-hydrogen) atoms. The number of carbonyl (C=O) groups excluding carboxylic acids is 1. The molecule has 1 heterocycles. The number of rotatable bonds is 10. The fourth-order valence-electron chi connectivity index (χ4n) is 2.37. The summed E-state index contributed by atoms with van der Waals surface area (Å²) in [6.07, 6.45) is 8.91. The Morgan fingerprint density at radius 1 is 1.14 bits per heavy atom. The molecule has 0 radical (unpaired) electrons. The number of carboxylic acids is 1. The molecule has 1 atom stereocenters. The highest BCUT2D eigenvalue weighted by molar-refractivity contribution is 5.76. The lowest BCUT2D eigenvalue weighted by atomic mass is 9.90. The third-order valence-electron chi connectivity index (χ3n) is 3.50. The Balaban J connectivity index is 2.42. The average Bonchev–Trinajstić information content (AvgIpc) is 2.41. The van der Waals surface area contributed by atoms with E-state index in [-0.39, 0.29) is 18.1 Å². The third-order valence-corrected chi connectivity index (χ3v) is 3.50. The molecule has 0 aliphatic carbocycles. The minimum Gasteiger partial charge on any atom is -0.481 e. The van der Waals surface area contributed by atoms with Gasteiger partial charge in [-0.1, -0.05) is 19.3 Å². The molecule has 0 spiro atoms. The van der Waals surface area contributed by atoms with Crippen molar-refractivity contribution in [1.29, 1.82) is 0 Å². The first-order valence-electron chi connectivity index (χ1n) is 7.49. The van der Waals surface area contributed by atoms with E-state index >= 15 is 0 Å². The quantitative estimate of drug-likeness (QED) is 0.669. The van der Waals surface area contributed by atoms with E-state index in [9.17, 15) is 9.59 Å². The Bertz CT molecular complexity index is 457. The Hall–Kier alpha value is -1.78. The van der Waals surface area contributed by atoms with Crippen LogP contribution in [0.5, 0.6) is 0 Å². The van der Waals surface area contributed by atoms with Gasteiger partial charge in [0.25, 0.3) is 0 Å². The highest BCUT2D eigenvalue weighted by atomic mass is 16.4. The SMILES string of the molecule is CC(=O)C[C@H](CCCCCCC(=O)O)c1cnc(C)nc1. The smallest absolute Gasteiger partial charge is 0.303 e. The van der Waals surface area contributed by atoms with Crippen LogP contribution in [-0.2, 0) is 9.59 Å². The summed E-state index contributed by atoms with van der Waals surface area (Å²) in [6, 6.07) is 0. The summed E-state index contributed by atoms with van der Waals surface area (Å²) in [5.74, 6) is 0.337. The maximum atomic E-state index is 11.4. The second-order valence-corrected chi connectivity index (χ2v) is 5.51. The minimum atomic E-state index is -0.735. The number of ketones is 1. The van der Waals surface area contributed by atoms with E-state index in [0.29, 0.717) is 6.42 Å². The highest BCUT2D eigenvalue weighted by Gasteiger charge is 2.14. The van der Waals surface area contributed by atoms with E-state index in [1.807, 2.05) is 6.92 Å². The number of carbonyl (C=O) groups is 2. The van der Waals surface area contributed by atoms with Crippen LogP contribution in [0.25, 0.3) is 0 Å². The Kier molecular flexibility index (Phi) is 7.58. The van der Waals surface area contributed by atoms with Gasteiger partial charge >= 0.3 is 5.97 Å². The van der Waals surface area contributed by atoms with Gasteiger partial charge in [-0.3, -0.25) is 4.79 Å². The monoisotopic (exact) mass is 292 g/mol. The van der Waals surface area contributed by atoms with Crippen molar-refractivity contribution >= 4 is 11.8 Å². The average molecular weight is 292 g/mol. The van der Waals surface area contributed by atoms with Gasteiger partial charge in [0.1, 0.15) is 11.6 Å². The van der Waals surface area contributed by atoms with Gasteiger partial charge in [-0.05, 0) is 38.2 Å². The molecular formula is C16H24N2O3. The third kappa shape index (κ3) is 7.54. The number of aryl methyl sites for hydroxylation is 1. The summed E-state index contributed by atoms with van der Waals surface area (Å²) in [5, 5.41) is 8.58. The van der Waals surface area contributed by atoms with E-state index in [1.54, 1.807) is 19.3 Å². The van der Waals surface area contributed by atoms with E-state index in [0.717, 1.165) is 43.5 Å². The molecule has 0 saturated carbocycles.